The first kappa shape index (κ1) is 25.9. The zero-order chi connectivity index (χ0) is 27.7. The van der Waals surface area contributed by atoms with Crippen LogP contribution in [0.1, 0.15) is 33.5 Å². The number of hydrogen-bond acceptors (Lipinski definition) is 7. The van der Waals surface area contributed by atoms with Crippen LogP contribution in [0, 0.1) is 11.3 Å². The van der Waals surface area contributed by atoms with E-state index >= 15 is 0 Å². The number of aliphatic hydroxyl groups is 1. The Balaban J connectivity index is 1.65. The molecule has 2 aromatic carbocycles. The van der Waals surface area contributed by atoms with E-state index in [4.69, 9.17) is 5.26 Å². The second-order valence-electron chi connectivity index (χ2n) is 8.96. The Morgan fingerprint density at radius 2 is 1.95 bits per heavy atom. The number of alkyl halides is 3. The smallest absolute Gasteiger partial charge is 0.392 e. The molecule has 0 unspecified atom stereocenters. The molecular weight excluding hydrogens is 511 g/mol. The molecule has 0 saturated carbocycles. The van der Waals surface area contributed by atoms with Crippen LogP contribution >= 0.6 is 0 Å². The van der Waals surface area contributed by atoms with E-state index in [-0.39, 0.29) is 43.1 Å². The molecule has 12 heteroatoms. The van der Waals surface area contributed by atoms with Crippen LogP contribution in [0.2, 0.25) is 0 Å². The molecule has 198 valence electrons. The van der Waals surface area contributed by atoms with E-state index in [1.165, 1.54) is 17.0 Å². The predicted octanol–water partition coefficient (Wildman–Crippen LogP) is 4.54. The zero-order valence-corrected chi connectivity index (χ0v) is 20.7. The molecule has 9 nitrogen and oxygen atoms in total. The van der Waals surface area contributed by atoms with Crippen LogP contribution in [0.5, 0.6) is 0 Å². The highest BCUT2D eigenvalue weighted by Gasteiger charge is 2.40. The summed E-state index contributed by atoms with van der Waals surface area (Å²) in [5, 5.41) is 30.0. The van der Waals surface area contributed by atoms with Crippen molar-refractivity contribution >= 4 is 17.5 Å². The van der Waals surface area contributed by atoms with E-state index < -0.39 is 17.6 Å². The van der Waals surface area contributed by atoms with E-state index in [0.717, 1.165) is 6.07 Å². The third kappa shape index (κ3) is 4.92. The molecule has 2 aromatic heterocycles. The first-order valence-electron chi connectivity index (χ1n) is 11.9. The van der Waals surface area contributed by atoms with E-state index in [0.29, 0.717) is 33.9 Å². The average molecular weight is 534 g/mol. The lowest BCUT2D eigenvalue weighted by Gasteiger charge is -2.19. The van der Waals surface area contributed by atoms with Gasteiger partial charge in [-0.15, -0.1) is 10.2 Å². The number of aliphatic hydroxyl groups excluding tert-OH is 1. The van der Waals surface area contributed by atoms with E-state index in [2.05, 4.69) is 20.5 Å². The predicted molar refractivity (Wildman–Crippen MR) is 136 cm³/mol. The Hall–Kier alpha value is -4.76. The van der Waals surface area contributed by atoms with Gasteiger partial charge in [-0.3, -0.25) is 9.69 Å². The number of nitrogens with zero attached hydrogens (tertiary/aromatic N) is 6. The molecule has 4 aromatic rings. The maximum Gasteiger partial charge on any atom is 0.416 e. The highest BCUT2D eigenvalue weighted by molar-refractivity contribution is 6.10. The third-order valence-electron chi connectivity index (χ3n) is 6.43. The number of fused-ring (bicyclic) bond motifs is 1. The molecule has 39 heavy (non-hydrogen) atoms. The van der Waals surface area contributed by atoms with Gasteiger partial charge >= 0.3 is 6.18 Å². The number of anilines is 2. The van der Waals surface area contributed by atoms with Gasteiger partial charge < -0.3 is 15.0 Å². The van der Waals surface area contributed by atoms with Crippen molar-refractivity contribution in [1.29, 1.82) is 5.26 Å². The monoisotopic (exact) mass is 533 g/mol. The van der Waals surface area contributed by atoms with E-state index in [1.807, 2.05) is 6.07 Å². The van der Waals surface area contributed by atoms with Crippen LogP contribution in [0.25, 0.3) is 22.5 Å². The minimum absolute atomic E-state index is 0.0296. The van der Waals surface area contributed by atoms with Gasteiger partial charge in [0.1, 0.15) is 18.0 Å². The summed E-state index contributed by atoms with van der Waals surface area (Å²) in [5.41, 5.74) is 1.52. The van der Waals surface area contributed by atoms with Crippen LogP contribution in [0.3, 0.4) is 0 Å². The van der Waals surface area contributed by atoms with E-state index in [9.17, 15) is 23.1 Å². The molecule has 1 amide bonds. The van der Waals surface area contributed by atoms with Gasteiger partial charge in [0.25, 0.3) is 5.91 Å². The Bertz CT molecular complexity index is 1610. The topological polar surface area (TPSA) is 120 Å². The van der Waals surface area contributed by atoms with Gasteiger partial charge in [-0.2, -0.15) is 18.4 Å². The number of benzene rings is 2. The maximum atomic E-state index is 13.7. The van der Waals surface area contributed by atoms with Crippen molar-refractivity contribution < 1.29 is 23.1 Å². The summed E-state index contributed by atoms with van der Waals surface area (Å²) < 4.78 is 42.8. The van der Waals surface area contributed by atoms with Crippen molar-refractivity contribution in [3.8, 4) is 28.6 Å². The number of amides is 1. The number of carbonyl (C=O) groups excluding carboxylic acids is 1. The normalized spacial score (nSPS) is 12.9. The summed E-state index contributed by atoms with van der Waals surface area (Å²) in [6.07, 6.45) is -2.88. The van der Waals surface area contributed by atoms with Crippen LogP contribution < -0.4 is 10.2 Å². The van der Waals surface area contributed by atoms with Gasteiger partial charge in [-0.25, -0.2) is 4.98 Å². The fraction of sp³-hybridized carbons (Fsp3) is 0.222. The lowest BCUT2D eigenvalue weighted by Crippen LogP contribution is -2.24. The summed E-state index contributed by atoms with van der Waals surface area (Å²) in [4.78, 5) is 19.0. The molecule has 0 saturated heterocycles. The van der Waals surface area contributed by atoms with Gasteiger partial charge in [-0.1, -0.05) is 18.2 Å². The Morgan fingerprint density at radius 3 is 2.64 bits per heavy atom. The van der Waals surface area contributed by atoms with E-state index in [1.54, 1.807) is 48.3 Å². The fourth-order valence-electron chi connectivity index (χ4n) is 4.58. The van der Waals surface area contributed by atoms with Crippen molar-refractivity contribution in [2.75, 3.05) is 16.8 Å². The van der Waals surface area contributed by atoms with Gasteiger partial charge in [-0.05, 0) is 52.6 Å². The number of nitrogens with one attached hydrogen (secondary N) is 1. The number of aromatic nitrogens is 4. The Labute approximate surface area is 221 Å². The van der Waals surface area contributed by atoms with Crippen molar-refractivity contribution in [3.63, 3.8) is 0 Å². The minimum Gasteiger partial charge on any atom is -0.392 e. The molecule has 1 aliphatic heterocycles. The van der Waals surface area contributed by atoms with Crippen molar-refractivity contribution in [2.45, 2.75) is 25.7 Å². The SMILES string of the molecule is Cn1cnnc1-c1ccc(CO)cc1-c1cc(NCCC#N)nc(N2Cc3c(cccc3C(F)(F)F)C2=O)c1. The number of rotatable bonds is 7. The van der Waals surface area contributed by atoms with Gasteiger partial charge in [0.05, 0.1) is 31.2 Å². The molecule has 0 radical (unpaired) electrons. The average Bonchev–Trinajstić information content (AvgIpc) is 3.50. The van der Waals surface area contributed by atoms with Crippen molar-refractivity contribution in [3.05, 3.63) is 77.1 Å². The van der Waals surface area contributed by atoms with Crippen molar-refractivity contribution in [1.82, 2.24) is 19.7 Å². The first-order valence-corrected chi connectivity index (χ1v) is 11.9. The minimum atomic E-state index is -4.61. The van der Waals surface area contributed by atoms with Gasteiger partial charge in [0.15, 0.2) is 5.82 Å². The van der Waals surface area contributed by atoms with Gasteiger partial charge in [0, 0.05) is 24.7 Å². The molecule has 0 bridgehead atoms. The molecule has 2 N–H and O–H groups in total. The summed E-state index contributed by atoms with van der Waals surface area (Å²) in [7, 11) is 1.78. The number of aryl methyl sites for hydroxylation is 1. The second-order valence-corrected chi connectivity index (χ2v) is 8.96. The maximum absolute atomic E-state index is 13.7. The lowest BCUT2D eigenvalue weighted by molar-refractivity contribution is -0.138. The quantitative estimate of drug-likeness (QED) is 0.335. The molecule has 0 atom stereocenters. The molecule has 0 fully saturated rings. The van der Waals surface area contributed by atoms with Crippen molar-refractivity contribution in [2.24, 2.45) is 7.05 Å². The second kappa shape index (κ2) is 10.2. The molecule has 0 spiro atoms. The highest BCUT2D eigenvalue weighted by Crippen LogP contribution is 2.40. The summed E-state index contributed by atoms with van der Waals surface area (Å²) in [5.74, 6) is 0.420. The Morgan fingerprint density at radius 1 is 1.13 bits per heavy atom. The largest absolute Gasteiger partial charge is 0.416 e. The van der Waals surface area contributed by atoms with Gasteiger partial charge in [0.2, 0.25) is 0 Å². The van der Waals surface area contributed by atoms with Crippen LogP contribution in [0.15, 0.2) is 54.9 Å². The Kier molecular flexibility index (Phi) is 6.76. The standard InChI is InChI=1S/C27H22F3N7O2/c1-36-15-33-35-25(36)18-7-6-16(14-38)10-20(18)17-11-23(32-9-3-8-31)34-24(12-17)37-13-21-19(26(37)39)4-2-5-22(21)27(28,29)30/h2,4-7,10-12,15,38H,3,9,13-14H2,1H3,(H,32,34). The third-order valence-corrected chi connectivity index (χ3v) is 6.43. The fourth-order valence-corrected chi connectivity index (χ4v) is 4.58. The molecular formula is C27H22F3N7O2. The molecule has 0 aliphatic carbocycles. The number of nitriles is 1. The number of hydrogen-bond donors (Lipinski definition) is 2. The molecule has 3 heterocycles. The number of carbonyl (C=O) groups is 1. The number of pyridine rings is 1. The van der Waals surface area contributed by atoms with Crippen LogP contribution in [-0.4, -0.2) is 37.3 Å². The van der Waals surface area contributed by atoms with Crippen LogP contribution in [-0.2, 0) is 26.4 Å². The summed E-state index contributed by atoms with van der Waals surface area (Å²) >= 11 is 0. The zero-order valence-electron chi connectivity index (χ0n) is 20.7. The molecule has 5 rings (SSSR count). The number of halogens is 3. The van der Waals surface area contributed by atoms with Crippen LogP contribution in [0.4, 0.5) is 24.8 Å². The molecule has 1 aliphatic rings. The summed E-state index contributed by atoms with van der Waals surface area (Å²) in [6.45, 7) is -0.256. The first-order chi connectivity index (χ1) is 18.7. The summed E-state index contributed by atoms with van der Waals surface area (Å²) in [6, 6.07) is 14.2. The lowest BCUT2D eigenvalue weighted by atomic mass is 9.97. The highest BCUT2D eigenvalue weighted by atomic mass is 19.4.